The standard InChI is InChI=1S/C9H24P4/c1-10(2)7-13(8-11(3)4)9-12(5)6/h7-9H2,1-6H3. The molecule has 0 radical (unpaired) electrons. The minimum absolute atomic E-state index is 0.349. The fraction of sp³-hybridized carbons (Fsp3) is 1.00. The summed E-state index contributed by atoms with van der Waals surface area (Å²) in [5, 5.41) is 0. The topological polar surface area (TPSA) is 0 Å². The lowest BCUT2D eigenvalue weighted by atomic mass is 11.8. The van der Waals surface area contributed by atoms with Crippen LogP contribution < -0.4 is 0 Å². The number of hydrogen-bond acceptors (Lipinski definition) is 0. The molecule has 0 aromatic rings. The van der Waals surface area contributed by atoms with Gasteiger partial charge < -0.3 is 0 Å². The second-order valence-corrected chi connectivity index (χ2v) is 15.5. The first kappa shape index (κ1) is 14.7. The Hall–Kier alpha value is 1.72. The smallest absolute Gasteiger partial charge is 0.0119 e. The maximum atomic E-state index is 2.44. The van der Waals surface area contributed by atoms with Crippen molar-refractivity contribution in [2.24, 2.45) is 0 Å². The van der Waals surface area contributed by atoms with Crippen LogP contribution in [0.3, 0.4) is 0 Å². The van der Waals surface area contributed by atoms with Gasteiger partial charge in [0.15, 0.2) is 0 Å². The quantitative estimate of drug-likeness (QED) is 0.611. The third-order valence-corrected chi connectivity index (χ3v) is 13.0. The molecule has 0 unspecified atom stereocenters. The van der Waals surface area contributed by atoms with Gasteiger partial charge in [-0.15, -0.1) is 23.8 Å². The molecule has 4 heteroatoms. The summed E-state index contributed by atoms with van der Waals surface area (Å²) in [6.45, 7) is 14.6. The summed E-state index contributed by atoms with van der Waals surface area (Å²) in [6, 6.07) is 0. The Kier molecular flexibility index (Phi) is 8.99. The second kappa shape index (κ2) is 7.94. The van der Waals surface area contributed by atoms with Crippen molar-refractivity contribution in [3.8, 4) is 0 Å². The summed E-state index contributed by atoms with van der Waals surface area (Å²) in [5.41, 5.74) is 0. The Bertz CT molecular complexity index is 99.0. The number of hydrogen-bond donors (Lipinski definition) is 0. The molecule has 13 heavy (non-hydrogen) atoms. The lowest BCUT2D eigenvalue weighted by Crippen LogP contribution is -1.91. The average molecular weight is 256 g/mol. The van der Waals surface area contributed by atoms with Crippen LogP contribution in [0.15, 0.2) is 0 Å². The van der Waals surface area contributed by atoms with E-state index in [0.29, 0.717) is 31.7 Å². The molecule has 0 saturated carbocycles. The van der Waals surface area contributed by atoms with Gasteiger partial charge in [0.1, 0.15) is 0 Å². The third-order valence-electron chi connectivity index (χ3n) is 1.45. The Morgan fingerprint density at radius 3 is 0.923 bits per heavy atom. The van der Waals surface area contributed by atoms with Crippen LogP contribution in [-0.4, -0.2) is 57.7 Å². The van der Waals surface area contributed by atoms with Gasteiger partial charge in [-0.25, -0.2) is 0 Å². The van der Waals surface area contributed by atoms with Gasteiger partial charge in [-0.3, -0.25) is 0 Å². The Labute approximate surface area is 89.7 Å². The van der Waals surface area contributed by atoms with E-state index < -0.39 is 0 Å². The van der Waals surface area contributed by atoms with Crippen molar-refractivity contribution in [1.29, 1.82) is 0 Å². The first-order valence-electron chi connectivity index (χ1n) is 4.58. The zero-order valence-electron chi connectivity index (χ0n) is 9.91. The van der Waals surface area contributed by atoms with Gasteiger partial charge in [-0.05, 0) is 57.7 Å². The van der Waals surface area contributed by atoms with Crippen molar-refractivity contribution in [2.75, 3.05) is 57.7 Å². The van der Waals surface area contributed by atoms with E-state index in [1.165, 1.54) is 0 Å². The van der Waals surface area contributed by atoms with Crippen LogP contribution in [0.2, 0.25) is 0 Å². The van der Waals surface area contributed by atoms with E-state index in [0.717, 1.165) is 0 Å². The van der Waals surface area contributed by atoms with Crippen molar-refractivity contribution in [3.63, 3.8) is 0 Å². The Balaban J connectivity index is 3.87. The van der Waals surface area contributed by atoms with Crippen LogP contribution in [0.25, 0.3) is 0 Å². The highest BCUT2D eigenvalue weighted by Crippen LogP contribution is 2.58. The van der Waals surface area contributed by atoms with Crippen LogP contribution in [0, 0.1) is 0 Å². The fourth-order valence-electron chi connectivity index (χ4n) is 1.33. The van der Waals surface area contributed by atoms with Gasteiger partial charge in [0.25, 0.3) is 0 Å². The average Bonchev–Trinajstić information content (AvgIpc) is 1.80. The molecule has 0 bridgehead atoms. The summed E-state index contributed by atoms with van der Waals surface area (Å²) in [5.74, 6) is 4.73. The minimum Gasteiger partial charge on any atom is -0.109 e. The van der Waals surface area contributed by atoms with E-state index in [4.69, 9.17) is 0 Å². The fourth-order valence-corrected chi connectivity index (χ4v) is 14.4. The molecule has 0 aromatic heterocycles. The van der Waals surface area contributed by atoms with Gasteiger partial charge in [-0.2, -0.15) is 0 Å². The maximum Gasteiger partial charge on any atom is -0.0119 e. The molecule has 80 valence electrons. The SMILES string of the molecule is CP(C)CP(CP(C)C)CP(C)C. The highest BCUT2D eigenvalue weighted by molar-refractivity contribution is 7.85. The maximum absolute atomic E-state index is 2.44. The summed E-state index contributed by atoms with van der Waals surface area (Å²) in [7, 11) is 1.45. The van der Waals surface area contributed by atoms with Crippen molar-refractivity contribution in [3.05, 3.63) is 0 Å². The minimum atomic E-state index is 0.349. The molecular weight excluding hydrogens is 232 g/mol. The summed E-state index contributed by atoms with van der Waals surface area (Å²) < 4.78 is 0. The lowest BCUT2D eigenvalue weighted by Gasteiger charge is -2.23. The molecule has 0 fully saturated rings. The van der Waals surface area contributed by atoms with Gasteiger partial charge in [-0.1, -0.05) is 7.92 Å². The first-order valence-corrected chi connectivity index (χ1v) is 13.7. The van der Waals surface area contributed by atoms with Crippen molar-refractivity contribution < 1.29 is 0 Å². The van der Waals surface area contributed by atoms with Crippen LogP contribution in [-0.2, 0) is 0 Å². The molecule has 0 amide bonds. The van der Waals surface area contributed by atoms with E-state index in [9.17, 15) is 0 Å². The molecule has 0 aliphatic rings. The highest BCUT2D eigenvalue weighted by Gasteiger charge is 2.12. The van der Waals surface area contributed by atoms with Crippen molar-refractivity contribution in [1.82, 2.24) is 0 Å². The van der Waals surface area contributed by atoms with Gasteiger partial charge in [0, 0.05) is 0 Å². The molecular formula is C9H24P4. The van der Waals surface area contributed by atoms with Crippen LogP contribution in [0.1, 0.15) is 0 Å². The molecule has 0 aliphatic heterocycles. The van der Waals surface area contributed by atoms with E-state index in [1.807, 2.05) is 0 Å². The van der Waals surface area contributed by atoms with E-state index in [2.05, 4.69) is 40.0 Å². The predicted molar refractivity (Wildman–Crippen MR) is 77.8 cm³/mol. The van der Waals surface area contributed by atoms with E-state index in [1.54, 1.807) is 17.7 Å². The molecule has 0 spiro atoms. The Morgan fingerprint density at radius 1 is 0.538 bits per heavy atom. The van der Waals surface area contributed by atoms with E-state index in [-0.39, 0.29) is 0 Å². The van der Waals surface area contributed by atoms with Crippen molar-refractivity contribution >= 4 is 31.7 Å². The van der Waals surface area contributed by atoms with Gasteiger partial charge >= 0.3 is 0 Å². The third kappa shape index (κ3) is 10.0. The van der Waals surface area contributed by atoms with Gasteiger partial charge in [0.05, 0.1) is 0 Å². The molecule has 0 aromatic carbocycles. The molecule has 0 atom stereocenters. The van der Waals surface area contributed by atoms with Crippen LogP contribution >= 0.6 is 31.7 Å². The molecule has 0 nitrogen and oxygen atoms in total. The molecule has 0 rings (SSSR count). The van der Waals surface area contributed by atoms with Crippen LogP contribution in [0.4, 0.5) is 0 Å². The molecule has 0 saturated heterocycles. The molecule has 0 aliphatic carbocycles. The predicted octanol–water partition coefficient (Wildman–Crippen LogP) is 4.57. The monoisotopic (exact) mass is 256 g/mol. The zero-order chi connectivity index (χ0) is 10.4. The summed E-state index contributed by atoms with van der Waals surface area (Å²) >= 11 is 0. The highest BCUT2D eigenvalue weighted by atomic mass is 31.2. The summed E-state index contributed by atoms with van der Waals surface area (Å²) in [6.07, 6.45) is 0. The molecule has 0 heterocycles. The van der Waals surface area contributed by atoms with Crippen LogP contribution in [0.5, 0.6) is 0 Å². The first-order chi connectivity index (χ1) is 5.91. The molecule has 0 N–H and O–H groups in total. The normalized spacial score (nSPS) is 12.5. The van der Waals surface area contributed by atoms with Crippen molar-refractivity contribution in [2.45, 2.75) is 0 Å². The van der Waals surface area contributed by atoms with E-state index >= 15 is 0 Å². The zero-order valence-corrected chi connectivity index (χ0v) is 13.5. The van der Waals surface area contributed by atoms with Gasteiger partial charge in [0.2, 0.25) is 0 Å². The second-order valence-electron chi connectivity index (χ2n) is 4.33. The summed E-state index contributed by atoms with van der Waals surface area (Å²) in [4.78, 5) is 0. The Morgan fingerprint density at radius 2 is 0.769 bits per heavy atom. The largest absolute Gasteiger partial charge is 0.109 e. The lowest BCUT2D eigenvalue weighted by molar-refractivity contribution is 1.83. The number of rotatable bonds is 6.